The van der Waals surface area contributed by atoms with Crippen LogP contribution in [0.15, 0.2) is 27.1 Å². The Kier molecular flexibility index (Phi) is 6.25. The molecule has 0 aliphatic carbocycles. The van der Waals surface area contributed by atoms with Gasteiger partial charge in [-0.1, -0.05) is 35.1 Å². The van der Waals surface area contributed by atoms with Gasteiger partial charge in [0, 0.05) is 15.5 Å². The summed E-state index contributed by atoms with van der Waals surface area (Å²) in [6.45, 7) is 2.95. The summed E-state index contributed by atoms with van der Waals surface area (Å²) in [4.78, 5) is 14.4. The molecule has 0 radical (unpaired) electrons. The fourth-order valence-electron chi connectivity index (χ4n) is 1.54. The Morgan fingerprint density at radius 1 is 1.44 bits per heavy atom. The first-order valence-electron chi connectivity index (χ1n) is 5.48. The molecule has 0 aromatic heterocycles. The van der Waals surface area contributed by atoms with Gasteiger partial charge in [0.1, 0.15) is 0 Å². The Morgan fingerprint density at radius 3 is 2.67 bits per heavy atom. The molecule has 0 saturated carbocycles. The molecule has 0 spiro atoms. The fraction of sp³-hybridized carbons (Fsp3) is 0.333. The third-order valence-electron chi connectivity index (χ3n) is 2.29. The first kappa shape index (κ1) is 15.6. The standard InChI is InChI=1S/C12H14Br2N2OS/c1-2-5-16(7-11(15)18)12(17)9-6-8(13)3-4-10(9)14/h3-4,6H,2,5,7H2,1H3,(H2,15,18). The van der Waals surface area contributed by atoms with Gasteiger partial charge in [0.25, 0.3) is 5.91 Å². The molecule has 0 aliphatic rings. The molecular weight excluding hydrogens is 380 g/mol. The van der Waals surface area contributed by atoms with E-state index in [1.165, 1.54) is 0 Å². The Hall–Kier alpha value is -0.460. The molecule has 0 bridgehead atoms. The van der Waals surface area contributed by atoms with Crippen molar-refractivity contribution in [1.82, 2.24) is 4.90 Å². The van der Waals surface area contributed by atoms with Crippen molar-refractivity contribution in [2.24, 2.45) is 5.73 Å². The quantitative estimate of drug-likeness (QED) is 0.780. The molecule has 18 heavy (non-hydrogen) atoms. The number of amides is 1. The highest BCUT2D eigenvalue weighted by Gasteiger charge is 2.18. The molecule has 1 rings (SSSR count). The molecule has 6 heteroatoms. The minimum atomic E-state index is -0.0715. The second kappa shape index (κ2) is 7.21. The number of nitrogens with two attached hydrogens (primary N) is 1. The van der Waals surface area contributed by atoms with Gasteiger partial charge in [-0.25, -0.2) is 0 Å². The molecule has 0 saturated heterocycles. The van der Waals surface area contributed by atoms with Crippen molar-refractivity contribution >= 4 is 55.0 Å². The number of nitrogens with zero attached hydrogens (tertiary/aromatic N) is 1. The summed E-state index contributed by atoms with van der Waals surface area (Å²) in [5.74, 6) is -0.0715. The average Bonchev–Trinajstić information content (AvgIpc) is 2.30. The predicted octanol–water partition coefficient (Wildman–Crippen LogP) is 3.35. The lowest BCUT2D eigenvalue weighted by Crippen LogP contribution is -2.38. The van der Waals surface area contributed by atoms with Gasteiger partial charge in [0.2, 0.25) is 0 Å². The number of carbonyl (C=O) groups is 1. The maximum Gasteiger partial charge on any atom is 0.255 e. The smallest absolute Gasteiger partial charge is 0.255 e. The minimum Gasteiger partial charge on any atom is -0.392 e. The van der Waals surface area contributed by atoms with Crippen LogP contribution in [-0.4, -0.2) is 28.9 Å². The summed E-state index contributed by atoms with van der Waals surface area (Å²) in [6.07, 6.45) is 0.861. The van der Waals surface area contributed by atoms with Gasteiger partial charge in [-0.05, 0) is 40.5 Å². The number of carbonyl (C=O) groups excluding carboxylic acids is 1. The van der Waals surface area contributed by atoms with E-state index in [-0.39, 0.29) is 5.91 Å². The topological polar surface area (TPSA) is 46.3 Å². The van der Waals surface area contributed by atoms with Gasteiger partial charge in [0.15, 0.2) is 0 Å². The zero-order valence-corrected chi connectivity index (χ0v) is 13.9. The number of halogens is 2. The molecule has 1 amide bonds. The normalized spacial score (nSPS) is 10.2. The molecule has 0 fully saturated rings. The van der Waals surface area contributed by atoms with Crippen LogP contribution >= 0.6 is 44.1 Å². The fourth-order valence-corrected chi connectivity index (χ4v) is 2.48. The van der Waals surface area contributed by atoms with Crippen molar-refractivity contribution in [1.29, 1.82) is 0 Å². The molecule has 2 N–H and O–H groups in total. The van der Waals surface area contributed by atoms with Crippen LogP contribution in [0.4, 0.5) is 0 Å². The Labute approximate surface area is 129 Å². The Balaban J connectivity index is 3.01. The van der Waals surface area contributed by atoms with E-state index in [1.807, 2.05) is 19.1 Å². The van der Waals surface area contributed by atoms with E-state index >= 15 is 0 Å². The maximum absolute atomic E-state index is 12.4. The average molecular weight is 394 g/mol. The monoisotopic (exact) mass is 392 g/mol. The van der Waals surface area contributed by atoms with Crippen LogP contribution < -0.4 is 5.73 Å². The summed E-state index contributed by atoms with van der Waals surface area (Å²) < 4.78 is 1.63. The predicted molar refractivity (Wildman–Crippen MR) is 84.8 cm³/mol. The van der Waals surface area contributed by atoms with Crippen molar-refractivity contribution in [3.8, 4) is 0 Å². The molecule has 1 aromatic carbocycles. The molecule has 0 unspecified atom stereocenters. The van der Waals surface area contributed by atoms with E-state index in [9.17, 15) is 4.79 Å². The zero-order valence-electron chi connectivity index (χ0n) is 9.95. The maximum atomic E-state index is 12.4. The van der Waals surface area contributed by atoms with E-state index in [0.717, 1.165) is 15.4 Å². The molecule has 1 aromatic rings. The molecule has 0 atom stereocenters. The van der Waals surface area contributed by atoms with E-state index in [1.54, 1.807) is 11.0 Å². The summed E-state index contributed by atoms with van der Waals surface area (Å²) >= 11 is 11.6. The van der Waals surface area contributed by atoms with E-state index in [4.69, 9.17) is 18.0 Å². The third-order valence-corrected chi connectivity index (χ3v) is 3.60. The first-order valence-corrected chi connectivity index (χ1v) is 7.47. The van der Waals surface area contributed by atoms with Crippen LogP contribution in [0, 0.1) is 0 Å². The Morgan fingerprint density at radius 2 is 2.11 bits per heavy atom. The molecule has 3 nitrogen and oxygen atoms in total. The van der Waals surface area contributed by atoms with Gasteiger partial charge in [0.05, 0.1) is 17.1 Å². The minimum absolute atomic E-state index is 0.0715. The van der Waals surface area contributed by atoms with Crippen molar-refractivity contribution in [2.75, 3.05) is 13.1 Å². The number of thiocarbonyl (C=S) groups is 1. The molecular formula is C12H14Br2N2OS. The van der Waals surface area contributed by atoms with Crippen LogP contribution in [0.25, 0.3) is 0 Å². The second-order valence-electron chi connectivity index (χ2n) is 3.82. The molecule has 0 heterocycles. The van der Waals surface area contributed by atoms with Crippen molar-refractivity contribution in [3.05, 3.63) is 32.7 Å². The number of benzene rings is 1. The van der Waals surface area contributed by atoms with Crippen LogP contribution in [0.2, 0.25) is 0 Å². The number of hydrogen-bond acceptors (Lipinski definition) is 2. The number of hydrogen-bond donors (Lipinski definition) is 1. The van der Waals surface area contributed by atoms with E-state index in [2.05, 4.69) is 31.9 Å². The van der Waals surface area contributed by atoms with Crippen LogP contribution in [0.5, 0.6) is 0 Å². The Bertz CT molecular complexity index is 465. The van der Waals surface area contributed by atoms with Gasteiger partial charge in [-0.15, -0.1) is 0 Å². The first-order chi connectivity index (χ1) is 8.45. The van der Waals surface area contributed by atoms with E-state index < -0.39 is 0 Å². The van der Waals surface area contributed by atoms with Gasteiger partial charge in [-0.2, -0.15) is 0 Å². The summed E-state index contributed by atoms with van der Waals surface area (Å²) in [5.41, 5.74) is 6.13. The molecule has 0 aliphatic heterocycles. The van der Waals surface area contributed by atoms with Crippen LogP contribution in [0.1, 0.15) is 23.7 Å². The SMILES string of the molecule is CCCN(CC(N)=S)C(=O)c1cc(Br)ccc1Br. The highest BCUT2D eigenvalue weighted by Crippen LogP contribution is 2.23. The summed E-state index contributed by atoms with van der Waals surface area (Å²) in [6, 6.07) is 5.50. The lowest BCUT2D eigenvalue weighted by molar-refractivity contribution is 0.0779. The highest BCUT2D eigenvalue weighted by atomic mass is 79.9. The molecule has 98 valence electrons. The van der Waals surface area contributed by atoms with Gasteiger partial charge in [-0.3, -0.25) is 4.79 Å². The summed E-state index contributed by atoms with van der Waals surface area (Å²) in [5, 5.41) is 0. The van der Waals surface area contributed by atoms with Crippen molar-refractivity contribution in [3.63, 3.8) is 0 Å². The van der Waals surface area contributed by atoms with Crippen molar-refractivity contribution in [2.45, 2.75) is 13.3 Å². The van der Waals surface area contributed by atoms with Crippen LogP contribution in [0.3, 0.4) is 0 Å². The third kappa shape index (κ3) is 4.33. The van der Waals surface area contributed by atoms with Crippen molar-refractivity contribution < 1.29 is 4.79 Å². The number of rotatable bonds is 5. The second-order valence-corrected chi connectivity index (χ2v) is 6.11. The lowest BCUT2D eigenvalue weighted by Gasteiger charge is -2.22. The largest absolute Gasteiger partial charge is 0.392 e. The highest BCUT2D eigenvalue weighted by molar-refractivity contribution is 9.11. The summed E-state index contributed by atoms with van der Waals surface area (Å²) in [7, 11) is 0. The zero-order chi connectivity index (χ0) is 13.7. The van der Waals surface area contributed by atoms with Gasteiger partial charge < -0.3 is 10.6 Å². The van der Waals surface area contributed by atoms with Crippen LogP contribution in [-0.2, 0) is 0 Å². The van der Waals surface area contributed by atoms with Gasteiger partial charge >= 0.3 is 0 Å². The van der Waals surface area contributed by atoms with E-state index in [0.29, 0.717) is 23.6 Å². The lowest BCUT2D eigenvalue weighted by atomic mass is 10.2.